The van der Waals surface area contributed by atoms with E-state index in [2.05, 4.69) is 10.6 Å². The quantitative estimate of drug-likeness (QED) is 0.880. The highest BCUT2D eigenvalue weighted by atomic mass is 35.5. The Morgan fingerprint density at radius 2 is 1.91 bits per heavy atom. The molecule has 0 unspecified atom stereocenters. The lowest BCUT2D eigenvalue weighted by Gasteiger charge is -2.24. The molecule has 2 N–H and O–H groups in total. The first-order valence-corrected chi connectivity index (χ1v) is 7.98. The van der Waals surface area contributed by atoms with Crippen LogP contribution in [0.1, 0.15) is 23.2 Å². The van der Waals surface area contributed by atoms with Crippen LogP contribution >= 0.6 is 24.0 Å². The summed E-state index contributed by atoms with van der Waals surface area (Å²) in [5.41, 5.74) is 2.61. The third kappa shape index (κ3) is 4.47. The molecule has 1 atom stereocenters. The molecule has 1 amide bonds. The van der Waals surface area contributed by atoms with Crippen molar-refractivity contribution in [1.29, 1.82) is 0 Å². The molecule has 0 radical (unpaired) electrons. The molecule has 122 valence electrons. The number of benzene rings is 2. The van der Waals surface area contributed by atoms with E-state index >= 15 is 0 Å². The number of rotatable bonds is 3. The molecule has 1 heterocycles. The van der Waals surface area contributed by atoms with Gasteiger partial charge in [-0.05, 0) is 42.6 Å². The van der Waals surface area contributed by atoms with Crippen molar-refractivity contribution < 1.29 is 4.79 Å². The highest BCUT2D eigenvalue weighted by Gasteiger charge is 2.18. The summed E-state index contributed by atoms with van der Waals surface area (Å²) in [6, 6.07) is 15.8. The Balaban J connectivity index is 0.00000192. The average Bonchev–Trinajstić information content (AvgIpc) is 2.57. The third-order valence-electron chi connectivity index (χ3n) is 3.95. The smallest absolute Gasteiger partial charge is 0.253 e. The first-order chi connectivity index (χ1) is 10.7. The first kappa shape index (κ1) is 17.8. The molecule has 1 saturated heterocycles. The summed E-state index contributed by atoms with van der Waals surface area (Å²) < 4.78 is 0. The van der Waals surface area contributed by atoms with Gasteiger partial charge in [-0.1, -0.05) is 48.0 Å². The molecule has 0 aromatic heterocycles. The van der Waals surface area contributed by atoms with Gasteiger partial charge < -0.3 is 10.6 Å². The van der Waals surface area contributed by atoms with Crippen molar-refractivity contribution in [2.24, 2.45) is 0 Å². The minimum atomic E-state index is -0.100. The molecule has 0 aliphatic carbocycles. The van der Waals surface area contributed by atoms with E-state index in [0.717, 1.165) is 37.1 Å². The Labute approximate surface area is 147 Å². The molecule has 1 aliphatic rings. The fraction of sp³-hybridized carbons (Fsp3) is 0.278. The van der Waals surface area contributed by atoms with Gasteiger partial charge >= 0.3 is 0 Å². The van der Waals surface area contributed by atoms with Crippen molar-refractivity contribution in [3.05, 3.63) is 59.1 Å². The molecule has 0 bridgehead atoms. The molecule has 0 saturated carbocycles. The molecule has 1 aliphatic heterocycles. The summed E-state index contributed by atoms with van der Waals surface area (Å²) in [5.74, 6) is -0.100. The minimum Gasteiger partial charge on any atom is -0.348 e. The molecular formula is C18H20Cl2N2O. The van der Waals surface area contributed by atoms with Crippen LogP contribution < -0.4 is 10.6 Å². The van der Waals surface area contributed by atoms with Gasteiger partial charge in [-0.15, -0.1) is 12.4 Å². The normalized spacial score (nSPS) is 17.2. The number of carbonyl (C=O) groups is 1. The summed E-state index contributed by atoms with van der Waals surface area (Å²) in [6.45, 7) is 1.85. The number of hydrogen-bond donors (Lipinski definition) is 2. The van der Waals surface area contributed by atoms with Gasteiger partial charge in [-0.2, -0.15) is 0 Å². The highest BCUT2D eigenvalue weighted by Crippen LogP contribution is 2.25. The summed E-state index contributed by atoms with van der Waals surface area (Å²) in [6.07, 6.45) is 2.09. The van der Waals surface area contributed by atoms with E-state index in [4.69, 9.17) is 11.6 Å². The maximum absolute atomic E-state index is 12.5. The molecule has 2 aromatic carbocycles. The summed E-state index contributed by atoms with van der Waals surface area (Å²) in [5, 5.41) is 6.85. The molecule has 1 fully saturated rings. The molecular weight excluding hydrogens is 331 g/mol. The van der Waals surface area contributed by atoms with Crippen LogP contribution in [0.5, 0.6) is 0 Å². The van der Waals surface area contributed by atoms with E-state index < -0.39 is 0 Å². The summed E-state index contributed by atoms with van der Waals surface area (Å²) in [7, 11) is 0. The van der Waals surface area contributed by atoms with Crippen LogP contribution in [0.15, 0.2) is 48.5 Å². The van der Waals surface area contributed by atoms with E-state index in [1.807, 2.05) is 42.5 Å². The first-order valence-electron chi connectivity index (χ1n) is 7.60. The van der Waals surface area contributed by atoms with E-state index in [1.54, 1.807) is 6.07 Å². The number of hydrogen-bond acceptors (Lipinski definition) is 2. The van der Waals surface area contributed by atoms with E-state index in [9.17, 15) is 4.79 Å². The lowest BCUT2D eigenvalue weighted by Crippen LogP contribution is -2.45. The number of amides is 1. The second-order valence-electron chi connectivity index (χ2n) is 5.58. The molecule has 3 nitrogen and oxygen atoms in total. The van der Waals surface area contributed by atoms with Crippen LogP contribution in [-0.4, -0.2) is 25.0 Å². The van der Waals surface area contributed by atoms with Crippen molar-refractivity contribution >= 4 is 29.9 Å². The van der Waals surface area contributed by atoms with Crippen molar-refractivity contribution in [2.45, 2.75) is 18.9 Å². The van der Waals surface area contributed by atoms with E-state index in [0.29, 0.717) is 10.6 Å². The van der Waals surface area contributed by atoms with Crippen molar-refractivity contribution in [3.8, 4) is 11.1 Å². The maximum atomic E-state index is 12.5. The number of nitrogens with one attached hydrogen (secondary N) is 2. The lowest BCUT2D eigenvalue weighted by atomic mass is 10.0. The topological polar surface area (TPSA) is 41.1 Å². The van der Waals surface area contributed by atoms with Gasteiger partial charge in [0.2, 0.25) is 0 Å². The van der Waals surface area contributed by atoms with Gasteiger partial charge in [0.15, 0.2) is 0 Å². The third-order valence-corrected chi connectivity index (χ3v) is 4.28. The van der Waals surface area contributed by atoms with Crippen LogP contribution in [0, 0.1) is 0 Å². The fourth-order valence-electron chi connectivity index (χ4n) is 2.75. The zero-order valence-corrected chi connectivity index (χ0v) is 14.3. The lowest BCUT2D eigenvalue weighted by molar-refractivity contribution is 0.0931. The molecule has 3 rings (SSSR count). The Kier molecular flexibility index (Phi) is 6.46. The van der Waals surface area contributed by atoms with Crippen molar-refractivity contribution in [3.63, 3.8) is 0 Å². The fourth-order valence-corrected chi connectivity index (χ4v) is 2.95. The average molecular weight is 351 g/mol. The van der Waals surface area contributed by atoms with Gasteiger partial charge in [-0.25, -0.2) is 0 Å². The maximum Gasteiger partial charge on any atom is 0.253 e. The summed E-state index contributed by atoms with van der Waals surface area (Å²) in [4.78, 5) is 12.5. The predicted molar refractivity (Wildman–Crippen MR) is 97.5 cm³/mol. The SMILES string of the molecule is Cl.O=C(N[C@H]1CCCNC1)c1cc(-c2ccccc2)ccc1Cl. The van der Waals surface area contributed by atoms with Gasteiger partial charge in [0.05, 0.1) is 10.6 Å². The van der Waals surface area contributed by atoms with Gasteiger partial charge in [0, 0.05) is 12.6 Å². The monoisotopic (exact) mass is 350 g/mol. The zero-order chi connectivity index (χ0) is 15.4. The van der Waals surface area contributed by atoms with Crippen molar-refractivity contribution in [2.75, 3.05) is 13.1 Å². The summed E-state index contributed by atoms with van der Waals surface area (Å²) >= 11 is 6.22. The Hall–Kier alpha value is -1.55. The Bertz CT molecular complexity index is 655. The largest absolute Gasteiger partial charge is 0.348 e. The van der Waals surface area contributed by atoms with Crippen LogP contribution in [0.3, 0.4) is 0 Å². The molecule has 2 aromatic rings. The van der Waals surface area contributed by atoms with Gasteiger partial charge in [-0.3, -0.25) is 4.79 Å². The van der Waals surface area contributed by atoms with Crippen LogP contribution in [0.4, 0.5) is 0 Å². The van der Waals surface area contributed by atoms with E-state index in [1.165, 1.54) is 0 Å². The van der Waals surface area contributed by atoms with Crippen molar-refractivity contribution in [1.82, 2.24) is 10.6 Å². The standard InChI is InChI=1S/C18H19ClN2O.ClH/c19-17-9-8-14(13-5-2-1-3-6-13)11-16(17)18(22)21-15-7-4-10-20-12-15;/h1-3,5-6,8-9,11,15,20H,4,7,10,12H2,(H,21,22);1H/t15-;/m0./s1. The number of halogens is 2. The van der Waals surface area contributed by atoms with Gasteiger partial charge in [0.25, 0.3) is 5.91 Å². The predicted octanol–water partition coefficient (Wildman–Crippen LogP) is 3.91. The number of carbonyl (C=O) groups excluding carboxylic acids is 1. The molecule has 23 heavy (non-hydrogen) atoms. The second kappa shape index (κ2) is 8.34. The molecule has 5 heteroatoms. The second-order valence-corrected chi connectivity index (χ2v) is 5.98. The van der Waals surface area contributed by atoms with Gasteiger partial charge in [0.1, 0.15) is 0 Å². The van der Waals surface area contributed by atoms with E-state index in [-0.39, 0.29) is 24.4 Å². The van der Waals surface area contributed by atoms with Crippen LogP contribution in [0.2, 0.25) is 5.02 Å². The Morgan fingerprint density at radius 3 is 2.61 bits per heavy atom. The highest BCUT2D eigenvalue weighted by molar-refractivity contribution is 6.34. The minimum absolute atomic E-state index is 0. The molecule has 0 spiro atoms. The van der Waals surface area contributed by atoms with Crippen LogP contribution in [-0.2, 0) is 0 Å². The zero-order valence-electron chi connectivity index (χ0n) is 12.7. The number of piperidine rings is 1. The Morgan fingerprint density at radius 1 is 1.13 bits per heavy atom. The van der Waals surface area contributed by atoms with Crippen LogP contribution in [0.25, 0.3) is 11.1 Å².